The van der Waals surface area contributed by atoms with Crippen LogP contribution in [0, 0.1) is 0 Å². The van der Waals surface area contributed by atoms with Gasteiger partial charge in [-0.1, -0.05) is 35.5 Å². The van der Waals surface area contributed by atoms with Gasteiger partial charge in [0.2, 0.25) is 15.9 Å². The number of rotatable bonds is 4. The number of hydrogen-bond donors (Lipinski definition) is 0. The van der Waals surface area contributed by atoms with E-state index in [4.69, 9.17) is 4.52 Å². The summed E-state index contributed by atoms with van der Waals surface area (Å²) in [6.45, 7) is 0.525. The van der Waals surface area contributed by atoms with Gasteiger partial charge in [-0.05, 0) is 31.2 Å². The topological polar surface area (TPSA) is 76.3 Å². The molecule has 0 radical (unpaired) electrons. The highest BCUT2D eigenvalue weighted by Gasteiger charge is 2.51. The summed E-state index contributed by atoms with van der Waals surface area (Å²) in [7, 11) is -3.25. The molecular formula is C16H19N3O3S. The Morgan fingerprint density at radius 1 is 1.26 bits per heavy atom. The van der Waals surface area contributed by atoms with Gasteiger partial charge in [0.25, 0.3) is 0 Å². The largest absolute Gasteiger partial charge is 0.338 e. The predicted molar refractivity (Wildman–Crippen MR) is 84.3 cm³/mol. The van der Waals surface area contributed by atoms with Crippen LogP contribution in [0.5, 0.6) is 0 Å². The summed E-state index contributed by atoms with van der Waals surface area (Å²) in [5.41, 5.74) is 1.00. The van der Waals surface area contributed by atoms with E-state index in [0.717, 1.165) is 25.7 Å². The molecule has 0 bridgehead atoms. The van der Waals surface area contributed by atoms with E-state index >= 15 is 0 Å². The third kappa shape index (κ3) is 2.48. The summed E-state index contributed by atoms with van der Waals surface area (Å²) < 4.78 is 30.8. The van der Waals surface area contributed by atoms with Gasteiger partial charge in [-0.2, -0.15) is 9.29 Å². The second kappa shape index (κ2) is 5.14. The van der Waals surface area contributed by atoms with E-state index in [9.17, 15) is 8.42 Å². The van der Waals surface area contributed by atoms with E-state index in [2.05, 4.69) is 22.3 Å². The lowest BCUT2D eigenvalue weighted by Crippen LogP contribution is -2.30. The Morgan fingerprint density at radius 2 is 2.00 bits per heavy atom. The van der Waals surface area contributed by atoms with E-state index in [-0.39, 0.29) is 11.5 Å². The third-order valence-electron chi connectivity index (χ3n) is 4.86. The SMILES string of the molecule is CS(=O)(=O)N1CCCC1c1noc(C2(c3ccccc3)CC2)n1. The van der Waals surface area contributed by atoms with Crippen LogP contribution in [0.1, 0.15) is 49.0 Å². The van der Waals surface area contributed by atoms with Crippen molar-refractivity contribution in [3.8, 4) is 0 Å². The van der Waals surface area contributed by atoms with E-state index in [1.807, 2.05) is 18.2 Å². The summed E-state index contributed by atoms with van der Waals surface area (Å²) in [5, 5.41) is 4.10. The van der Waals surface area contributed by atoms with Crippen LogP contribution in [0.15, 0.2) is 34.9 Å². The maximum Gasteiger partial charge on any atom is 0.237 e. The fraction of sp³-hybridized carbons (Fsp3) is 0.500. The highest BCUT2D eigenvalue weighted by atomic mass is 32.2. The standard InChI is InChI=1S/C16H19N3O3S/c1-23(20,21)19-11-5-8-13(19)14-17-15(22-18-14)16(9-10-16)12-6-3-2-4-7-12/h2-4,6-7,13H,5,8-11H2,1H3. The fourth-order valence-electron chi connectivity index (χ4n) is 3.47. The normalized spacial score (nSPS) is 24.0. The van der Waals surface area contributed by atoms with Crippen molar-refractivity contribution in [2.75, 3.05) is 12.8 Å². The maximum atomic E-state index is 11.9. The molecule has 2 aromatic rings. The Balaban J connectivity index is 1.66. The Labute approximate surface area is 135 Å². The van der Waals surface area contributed by atoms with Crippen LogP contribution in [0.4, 0.5) is 0 Å². The van der Waals surface area contributed by atoms with Crippen LogP contribution in [0.25, 0.3) is 0 Å². The first-order valence-electron chi connectivity index (χ1n) is 7.87. The summed E-state index contributed by atoms with van der Waals surface area (Å²) in [6, 6.07) is 9.87. The summed E-state index contributed by atoms with van der Waals surface area (Å²) in [4.78, 5) is 4.58. The van der Waals surface area contributed by atoms with Crippen molar-refractivity contribution in [3.63, 3.8) is 0 Å². The molecule has 1 saturated heterocycles. The number of sulfonamides is 1. The third-order valence-corrected chi connectivity index (χ3v) is 6.14. The maximum absolute atomic E-state index is 11.9. The minimum Gasteiger partial charge on any atom is -0.338 e. The molecule has 2 heterocycles. The van der Waals surface area contributed by atoms with Crippen molar-refractivity contribution in [3.05, 3.63) is 47.6 Å². The lowest BCUT2D eigenvalue weighted by Gasteiger charge is -2.18. The molecular weight excluding hydrogens is 314 g/mol. The molecule has 1 saturated carbocycles. The molecule has 0 spiro atoms. The second-order valence-corrected chi connectivity index (χ2v) is 8.37. The zero-order valence-corrected chi connectivity index (χ0v) is 13.8. The first-order valence-corrected chi connectivity index (χ1v) is 9.72. The van der Waals surface area contributed by atoms with Crippen molar-refractivity contribution < 1.29 is 12.9 Å². The zero-order valence-electron chi connectivity index (χ0n) is 13.0. The highest BCUT2D eigenvalue weighted by molar-refractivity contribution is 7.88. The molecule has 0 N–H and O–H groups in total. The quantitative estimate of drug-likeness (QED) is 0.858. The molecule has 4 rings (SSSR count). The van der Waals surface area contributed by atoms with Crippen molar-refractivity contribution >= 4 is 10.0 Å². The average molecular weight is 333 g/mol. The molecule has 1 unspecified atom stereocenters. The Morgan fingerprint density at radius 3 is 2.65 bits per heavy atom. The molecule has 122 valence electrons. The zero-order chi connectivity index (χ0) is 16.1. The molecule has 2 aliphatic rings. The first-order chi connectivity index (χ1) is 11.0. The number of hydrogen-bond acceptors (Lipinski definition) is 5. The molecule has 1 atom stereocenters. The Bertz CT molecular complexity index is 812. The van der Waals surface area contributed by atoms with E-state index < -0.39 is 10.0 Å². The molecule has 2 fully saturated rings. The van der Waals surface area contributed by atoms with Gasteiger partial charge in [0, 0.05) is 6.54 Å². The highest BCUT2D eigenvalue weighted by Crippen LogP contribution is 2.53. The van der Waals surface area contributed by atoms with Gasteiger partial charge < -0.3 is 4.52 Å². The Hall–Kier alpha value is -1.73. The molecule has 1 aliphatic heterocycles. The number of aromatic nitrogens is 2. The van der Waals surface area contributed by atoms with Gasteiger partial charge in [-0.25, -0.2) is 8.42 Å². The van der Waals surface area contributed by atoms with Crippen molar-refractivity contribution in [2.45, 2.75) is 37.1 Å². The van der Waals surface area contributed by atoms with Crippen molar-refractivity contribution in [1.29, 1.82) is 0 Å². The van der Waals surface area contributed by atoms with Crippen molar-refractivity contribution in [1.82, 2.24) is 14.4 Å². The molecule has 6 nitrogen and oxygen atoms in total. The van der Waals surface area contributed by atoms with Gasteiger partial charge in [0.15, 0.2) is 5.82 Å². The lowest BCUT2D eigenvalue weighted by molar-refractivity contribution is 0.336. The summed E-state index contributed by atoms with van der Waals surface area (Å²) >= 11 is 0. The summed E-state index contributed by atoms with van der Waals surface area (Å²) in [6.07, 6.45) is 4.77. The first kappa shape index (κ1) is 14.8. The van der Waals surface area contributed by atoms with Crippen LogP contribution in [0.2, 0.25) is 0 Å². The number of nitrogens with zero attached hydrogens (tertiary/aromatic N) is 3. The molecule has 1 aromatic heterocycles. The van der Waals surface area contributed by atoms with Gasteiger partial charge in [0.05, 0.1) is 17.7 Å². The lowest BCUT2D eigenvalue weighted by atomic mass is 9.96. The molecule has 1 aliphatic carbocycles. The molecule has 23 heavy (non-hydrogen) atoms. The van der Waals surface area contributed by atoms with Crippen LogP contribution in [-0.2, 0) is 15.4 Å². The van der Waals surface area contributed by atoms with Crippen LogP contribution >= 0.6 is 0 Å². The van der Waals surface area contributed by atoms with Gasteiger partial charge in [-0.15, -0.1) is 0 Å². The van der Waals surface area contributed by atoms with Gasteiger partial charge in [0.1, 0.15) is 0 Å². The fourth-order valence-corrected chi connectivity index (χ4v) is 4.59. The average Bonchev–Trinajstić information content (AvgIpc) is 2.98. The monoisotopic (exact) mass is 333 g/mol. The molecule has 0 amide bonds. The smallest absolute Gasteiger partial charge is 0.237 e. The minimum absolute atomic E-state index is 0.180. The van der Waals surface area contributed by atoms with Crippen molar-refractivity contribution in [2.24, 2.45) is 0 Å². The number of benzene rings is 1. The van der Waals surface area contributed by atoms with E-state index in [0.29, 0.717) is 18.3 Å². The minimum atomic E-state index is -3.25. The summed E-state index contributed by atoms with van der Waals surface area (Å²) in [5.74, 6) is 1.10. The van der Waals surface area contributed by atoms with E-state index in [1.165, 1.54) is 16.1 Å². The molecule has 7 heteroatoms. The van der Waals surface area contributed by atoms with Crippen LogP contribution in [0.3, 0.4) is 0 Å². The van der Waals surface area contributed by atoms with Gasteiger partial charge in [-0.3, -0.25) is 0 Å². The second-order valence-electron chi connectivity index (χ2n) is 6.44. The van der Waals surface area contributed by atoms with Crippen LogP contribution in [-0.4, -0.2) is 35.7 Å². The van der Waals surface area contributed by atoms with Gasteiger partial charge >= 0.3 is 0 Å². The van der Waals surface area contributed by atoms with E-state index in [1.54, 1.807) is 0 Å². The Kier molecular flexibility index (Phi) is 3.32. The molecule has 1 aromatic carbocycles. The predicted octanol–water partition coefficient (Wildman–Crippen LogP) is 2.25. The van der Waals surface area contributed by atoms with Crippen LogP contribution < -0.4 is 0 Å².